The lowest BCUT2D eigenvalue weighted by Crippen LogP contribution is -2.49. The van der Waals surface area contributed by atoms with E-state index in [1.807, 2.05) is 6.92 Å². The number of nitrogens with zero attached hydrogens (tertiary/aromatic N) is 2. The van der Waals surface area contributed by atoms with Crippen LogP contribution in [0.25, 0.3) is 0 Å². The lowest BCUT2D eigenvalue weighted by Gasteiger charge is -2.33. The fourth-order valence-corrected chi connectivity index (χ4v) is 3.92. The van der Waals surface area contributed by atoms with Crippen molar-refractivity contribution >= 4 is 21.4 Å². The standard InChI is InChI=1S/C13H19N3O3S/c1-3-15-12-8-14-5-4-11(12)13(17)16-6-7-20(18,19)9-10(16)2/h4-5,8,10,15H,3,6-7,9H2,1-2H3. The van der Waals surface area contributed by atoms with E-state index in [2.05, 4.69) is 10.3 Å². The van der Waals surface area contributed by atoms with E-state index in [1.54, 1.807) is 30.3 Å². The molecule has 1 aliphatic heterocycles. The molecule has 0 aliphatic carbocycles. The molecule has 6 nitrogen and oxygen atoms in total. The van der Waals surface area contributed by atoms with Gasteiger partial charge in [0.2, 0.25) is 0 Å². The molecule has 1 saturated heterocycles. The predicted octanol–water partition coefficient (Wildman–Crippen LogP) is 0.772. The van der Waals surface area contributed by atoms with Crippen molar-refractivity contribution in [2.45, 2.75) is 19.9 Å². The van der Waals surface area contributed by atoms with Crippen molar-refractivity contribution in [1.29, 1.82) is 0 Å². The van der Waals surface area contributed by atoms with Gasteiger partial charge in [-0.3, -0.25) is 9.78 Å². The highest BCUT2D eigenvalue weighted by atomic mass is 32.2. The molecule has 110 valence electrons. The molecule has 0 spiro atoms. The topological polar surface area (TPSA) is 79.4 Å². The number of aromatic nitrogens is 1. The summed E-state index contributed by atoms with van der Waals surface area (Å²) in [6.07, 6.45) is 3.18. The molecule has 2 heterocycles. The Hall–Kier alpha value is -1.63. The van der Waals surface area contributed by atoms with Crippen LogP contribution in [0.15, 0.2) is 18.5 Å². The number of pyridine rings is 1. The monoisotopic (exact) mass is 297 g/mol. The summed E-state index contributed by atoms with van der Waals surface area (Å²) in [5.74, 6) is -0.0869. The second-order valence-electron chi connectivity index (χ2n) is 4.91. The van der Waals surface area contributed by atoms with Crippen molar-refractivity contribution in [3.05, 3.63) is 24.0 Å². The molecule has 1 atom stereocenters. The van der Waals surface area contributed by atoms with Gasteiger partial charge in [-0.2, -0.15) is 0 Å². The Morgan fingerprint density at radius 3 is 2.95 bits per heavy atom. The van der Waals surface area contributed by atoms with Crippen LogP contribution in [0.4, 0.5) is 5.69 Å². The maximum Gasteiger partial charge on any atom is 0.256 e. The highest BCUT2D eigenvalue weighted by Crippen LogP contribution is 2.20. The third-order valence-corrected chi connectivity index (χ3v) is 5.14. The van der Waals surface area contributed by atoms with Crippen molar-refractivity contribution in [3.8, 4) is 0 Å². The van der Waals surface area contributed by atoms with Crippen molar-refractivity contribution in [2.75, 3.05) is 29.9 Å². The van der Waals surface area contributed by atoms with Crippen LogP contribution in [-0.4, -0.2) is 54.8 Å². The minimum atomic E-state index is -3.02. The molecule has 1 aliphatic rings. The lowest BCUT2D eigenvalue weighted by atomic mass is 10.1. The first-order valence-corrected chi connectivity index (χ1v) is 8.46. The van der Waals surface area contributed by atoms with Gasteiger partial charge in [0.05, 0.1) is 29.0 Å². The molecular weight excluding hydrogens is 278 g/mol. The van der Waals surface area contributed by atoms with Crippen LogP contribution in [0.2, 0.25) is 0 Å². The van der Waals surface area contributed by atoms with Crippen LogP contribution in [-0.2, 0) is 9.84 Å². The van der Waals surface area contributed by atoms with Crippen molar-refractivity contribution in [1.82, 2.24) is 9.88 Å². The molecule has 0 saturated carbocycles. The highest BCUT2D eigenvalue weighted by Gasteiger charge is 2.32. The SMILES string of the molecule is CCNc1cnccc1C(=O)N1CCS(=O)(=O)CC1C. The first kappa shape index (κ1) is 14.8. The van der Waals surface area contributed by atoms with Gasteiger partial charge in [-0.25, -0.2) is 8.42 Å². The normalized spacial score (nSPS) is 21.5. The van der Waals surface area contributed by atoms with E-state index < -0.39 is 9.84 Å². The van der Waals surface area contributed by atoms with Gasteiger partial charge < -0.3 is 10.2 Å². The average molecular weight is 297 g/mol. The Morgan fingerprint density at radius 2 is 2.30 bits per heavy atom. The number of anilines is 1. The molecule has 1 aromatic rings. The number of amides is 1. The maximum atomic E-state index is 12.6. The van der Waals surface area contributed by atoms with Crippen molar-refractivity contribution < 1.29 is 13.2 Å². The smallest absolute Gasteiger partial charge is 0.256 e. The van der Waals surface area contributed by atoms with Gasteiger partial charge in [-0.05, 0) is 19.9 Å². The van der Waals surface area contributed by atoms with E-state index in [-0.39, 0.29) is 30.0 Å². The molecule has 20 heavy (non-hydrogen) atoms. The van der Waals surface area contributed by atoms with E-state index in [1.165, 1.54) is 0 Å². The van der Waals surface area contributed by atoms with Gasteiger partial charge in [0.25, 0.3) is 5.91 Å². The van der Waals surface area contributed by atoms with E-state index in [9.17, 15) is 13.2 Å². The summed E-state index contributed by atoms with van der Waals surface area (Å²) in [4.78, 5) is 18.2. The second-order valence-corrected chi connectivity index (χ2v) is 7.14. The second kappa shape index (κ2) is 5.78. The fraction of sp³-hybridized carbons (Fsp3) is 0.538. The van der Waals surface area contributed by atoms with Crippen LogP contribution in [0.3, 0.4) is 0 Å². The molecule has 2 rings (SSSR count). The Kier molecular flexibility index (Phi) is 4.27. The minimum absolute atomic E-state index is 0.0281. The van der Waals surface area contributed by atoms with Gasteiger partial charge in [0.1, 0.15) is 0 Å². The third kappa shape index (κ3) is 3.09. The van der Waals surface area contributed by atoms with E-state index >= 15 is 0 Å². The summed E-state index contributed by atoms with van der Waals surface area (Å²) in [6.45, 7) is 4.65. The molecule has 1 aromatic heterocycles. The van der Waals surface area contributed by atoms with Crippen LogP contribution < -0.4 is 5.32 Å². The Bertz CT molecular complexity index is 601. The van der Waals surface area contributed by atoms with Gasteiger partial charge in [0.15, 0.2) is 9.84 Å². The number of carbonyl (C=O) groups is 1. The number of nitrogens with one attached hydrogen (secondary N) is 1. The summed E-state index contributed by atoms with van der Waals surface area (Å²) in [5.41, 5.74) is 1.22. The molecular formula is C13H19N3O3S. The molecule has 1 N–H and O–H groups in total. The number of sulfone groups is 1. The zero-order chi connectivity index (χ0) is 14.8. The Balaban J connectivity index is 2.24. The van der Waals surface area contributed by atoms with Crippen molar-refractivity contribution in [3.63, 3.8) is 0 Å². The minimum Gasteiger partial charge on any atom is -0.383 e. The largest absolute Gasteiger partial charge is 0.383 e. The summed E-state index contributed by atoms with van der Waals surface area (Å²) in [7, 11) is -3.02. The first-order chi connectivity index (χ1) is 9.44. The summed E-state index contributed by atoms with van der Waals surface area (Å²) >= 11 is 0. The highest BCUT2D eigenvalue weighted by molar-refractivity contribution is 7.91. The van der Waals surface area contributed by atoms with Crippen LogP contribution in [0.1, 0.15) is 24.2 Å². The molecule has 0 aromatic carbocycles. The van der Waals surface area contributed by atoms with E-state index in [0.29, 0.717) is 17.8 Å². The lowest BCUT2D eigenvalue weighted by molar-refractivity contribution is 0.0713. The van der Waals surface area contributed by atoms with E-state index in [4.69, 9.17) is 0 Å². The summed E-state index contributed by atoms with van der Waals surface area (Å²) in [6, 6.07) is 1.36. The van der Waals surface area contributed by atoms with Crippen LogP contribution in [0, 0.1) is 0 Å². The number of hydrogen-bond donors (Lipinski definition) is 1. The van der Waals surface area contributed by atoms with Gasteiger partial charge in [-0.15, -0.1) is 0 Å². The summed E-state index contributed by atoms with van der Waals surface area (Å²) in [5, 5.41) is 3.10. The van der Waals surface area contributed by atoms with Gasteiger partial charge in [-0.1, -0.05) is 0 Å². The third-order valence-electron chi connectivity index (χ3n) is 3.35. The maximum absolute atomic E-state index is 12.6. The molecule has 1 amide bonds. The Morgan fingerprint density at radius 1 is 1.55 bits per heavy atom. The quantitative estimate of drug-likeness (QED) is 0.891. The molecule has 7 heteroatoms. The van der Waals surface area contributed by atoms with Crippen molar-refractivity contribution in [2.24, 2.45) is 0 Å². The fourth-order valence-electron chi connectivity index (χ4n) is 2.37. The van der Waals surface area contributed by atoms with Gasteiger partial charge >= 0.3 is 0 Å². The summed E-state index contributed by atoms with van der Waals surface area (Å²) < 4.78 is 23.1. The zero-order valence-corrected chi connectivity index (χ0v) is 12.5. The van der Waals surface area contributed by atoms with Gasteiger partial charge in [0, 0.05) is 25.3 Å². The zero-order valence-electron chi connectivity index (χ0n) is 11.7. The van der Waals surface area contributed by atoms with E-state index in [0.717, 1.165) is 0 Å². The molecule has 0 radical (unpaired) electrons. The van der Waals surface area contributed by atoms with Crippen LogP contribution >= 0.6 is 0 Å². The first-order valence-electron chi connectivity index (χ1n) is 6.64. The predicted molar refractivity (Wildman–Crippen MR) is 77.6 cm³/mol. The number of rotatable bonds is 3. The molecule has 1 unspecified atom stereocenters. The molecule has 0 bridgehead atoms. The average Bonchev–Trinajstić information content (AvgIpc) is 2.38. The number of hydrogen-bond acceptors (Lipinski definition) is 5. The number of carbonyl (C=O) groups excluding carboxylic acids is 1. The van der Waals surface area contributed by atoms with Crippen LogP contribution in [0.5, 0.6) is 0 Å². The molecule has 1 fully saturated rings. The Labute approximate surface area is 119 Å².